The van der Waals surface area contributed by atoms with E-state index >= 15 is 0 Å². The number of ether oxygens (including phenoxy) is 1. The Labute approximate surface area is 209 Å². The lowest BCUT2D eigenvalue weighted by Crippen LogP contribution is -2.51. The van der Waals surface area contributed by atoms with Crippen LogP contribution in [-0.2, 0) is 14.8 Å². The summed E-state index contributed by atoms with van der Waals surface area (Å²) in [6, 6.07) is 9.35. The van der Waals surface area contributed by atoms with Crippen LogP contribution in [0, 0.1) is 17.3 Å². The minimum Gasteiger partial charge on any atom is -0.457 e. The fourth-order valence-electron chi connectivity index (χ4n) is 2.99. The highest BCUT2D eigenvalue weighted by Gasteiger charge is 2.31. The van der Waals surface area contributed by atoms with Gasteiger partial charge in [0.1, 0.15) is 23.4 Å². The molecule has 0 saturated carbocycles. The van der Waals surface area contributed by atoms with Crippen molar-refractivity contribution >= 4 is 21.9 Å². The normalized spacial score (nSPS) is 12.5. The van der Waals surface area contributed by atoms with Crippen molar-refractivity contribution in [2.45, 2.75) is 43.5 Å². The van der Waals surface area contributed by atoms with Crippen molar-refractivity contribution in [3.05, 3.63) is 54.3 Å². The number of nitrogens with one attached hydrogen (secondary N) is 2. The first kappa shape index (κ1) is 28.7. The number of hydrogen-bond acceptors (Lipinski definition) is 8. The molecule has 0 aliphatic heterocycles. The maximum Gasteiger partial charge on any atom is 0.271 e. The monoisotopic (exact) mass is 520 g/mol. The predicted octanol–water partition coefficient (Wildman–Crippen LogP) is 2.45. The summed E-state index contributed by atoms with van der Waals surface area (Å²) in [4.78, 5) is 16.7. The summed E-state index contributed by atoms with van der Waals surface area (Å²) in [5.41, 5.74) is 5.51. The molecule has 194 valence electrons. The molecule has 0 bridgehead atoms. The van der Waals surface area contributed by atoms with Crippen LogP contribution in [0.5, 0.6) is 11.5 Å². The maximum absolute atomic E-state index is 13.1. The summed E-state index contributed by atoms with van der Waals surface area (Å²) in [6.45, 7) is 2.38. The molecule has 0 aromatic heterocycles. The first-order valence-electron chi connectivity index (χ1n) is 11.2. The van der Waals surface area contributed by atoms with Crippen molar-refractivity contribution in [3.63, 3.8) is 0 Å². The van der Waals surface area contributed by atoms with Gasteiger partial charge in [-0.3, -0.25) is 20.3 Å². The Morgan fingerprint density at radius 2 is 1.81 bits per heavy atom. The van der Waals surface area contributed by atoms with Crippen LogP contribution in [0.15, 0.2) is 58.4 Å². The molecule has 2 rings (SSSR count). The minimum absolute atomic E-state index is 0.0473. The number of hydrogen-bond donors (Lipinski definition) is 4. The van der Waals surface area contributed by atoms with E-state index in [1.165, 1.54) is 48.5 Å². The Balaban J connectivity index is 2.21. The van der Waals surface area contributed by atoms with Gasteiger partial charge < -0.3 is 10.5 Å². The molecule has 5 N–H and O–H groups in total. The molecule has 0 unspecified atom stereocenters. The first-order valence-corrected chi connectivity index (χ1v) is 12.7. The Morgan fingerprint density at radius 1 is 1.19 bits per heavy atom. The molecule has 1 atom stereocenters. The van der Waals surface area contributed by atoms with Crippen LogP contribution in [0.1, 0.15) is 32.6 Å². The van der Waals surface area contributed by atoms with Crippen LogP contribution in [0.2, 0.25) is 0 Å². The predicted molar refractivity (Wildman–Crippen MR) is 130 cm³/mol. The van der Waals surface area contributed by atoms with Crippen molar-refractivity contribution in [1.29, 1.82) is 5.26 Å². The number of guanidine groups is 1. The van der Waals surface area contributed by atoms with Gasteiger partial charge in [0.25, 0.3) is 5.91 Å². The van der Waals surface area contributed by atoms with E-state index in [2.05, 4.69) is 15.0 Å². The summed E-state index contributed by atoms with van der Waals surface area (Å²) >= 11 is 0. The van der Waals surface area contributed by atoms with E-state index in [-0.39, 0.29) is 22.9 Å². The largest absolute Gasteiger partial charge is 0.457 e. The number of amides is 1. The average molecular weight is 521 g/mol. The Kier molecular flexibility index (Phi) is 11.2. The third kappa shape index (κ3) is 8.58. The number of sulfonamides is 1. The highest BCUT2D eigenvalue weighted by molar-refractivity contribution is 7.89. The Morgan fingerprint density at radius 3 is 2.36 bits per heavy atom. The summed E-state index contributed by atoms with van der Waals surface area (Å²) in [6.07, 6.45) is 3.15. The number of halogens is 1. The van der Waals surface area contributed by atoms with Crippen molar-refractivity contribution in [3.8, 4) is 17.7 Å². The second-order valence-corrected chi connectivity index (χ2v) is 9.29. The van der Waals surface area contributed by atoms with Gasteiger partial charge in [-0.15, -0.1) is 0 Å². The van der Waals surface area contributed by atoms with E-state index in [4.69, 9.17) is 15.7 Å². The number of nitriles is 1. The number of nitrogens with two attached hydrogens (primary N) is 1. The molecule has 0 aliphatic rings. The van der Waals surface area contributed by atoms with E-state index in [1.807, 2.05) is 6.92 Å². The highest BCUT2D eigenvalue weighted by atomic mass is 32.2. The van der Waals surface area contributed by atoms with Crippen molar-refractivity contribution < 1.29 is 27.5 Å². The molecular weight excluding hydrogens is 491 g/mol. The average Bonchev–Trinajstić information content (AvgIpc) is 2.87. The summed E-state index contributed by atoms with van der Waals surface area (Å²) in [5, 5.41) is 21.5. The second-order valence-electron chi connectivity index (χ2n) is 7.58. The van der Waals surface area contributed by atoms with Crippen LogP contribution in [0.4, 0.5) is 4.39 Å². The molecule has 13 heteroatoms. The minimum atomic E-state index is -4.20. The molecule has 0 radical (unpaired) electrons. The number of carbonyl (C=O) groups is 1. The highest BCUT2D eigenvalue weighted by Crippen LogP contribution is 2.23. The number of hydroxylamine groups is 2. The van der Waals surface area contributed by atoms with E-state index in [0.29, 0.717) is 37.3 Å². The lowest BCUT2D eigenvalue weighted by atomic mass is 10.1. The molecule has 11 nitrogen and oxygen atoms in total. The van der Waals surface area contributed by atoms with Gasteiger partial charge in [-0.2, -0.15) is 15.0 Å². The van der Waals surface area contributed by atoms with Crippen LogP contribution in [0.3, 0.4) is 0 Å². The van der Waals surface area contributed by atoms with Gasteiger partial charge >= 0.3 is 0 Å². The van der Waals surface area contributed by atoms with Crippen LogP contribution >= 0.6 is 0 Å². The summed E-state index contributed by atoms with van der Waals surface area (Å²) in [7, 11) is -4.20. The van der Waals surface area contributed by atoms with E-state index in [9.17, 15) is 22.8 Å². The maximum atomic E-state index is 13.1. The fraction of sp³-hybridized carbons (Fsp3) is 0.348. The third-order valence-corrected chi connectivity index (χ3v) is 6.28. The number of nitrogens with zero attached hydrogens (tertiary/aromatic N) is 3. The van der Waals surface area contributed by atoms with Crippen LogP contribution < -0.4 is 20.5 Å². The van der Waals surface area contributed by atoms with Gasteiger partial charge in [0, 0.05) is 6.54 Å². The second kappa shape index (κ2) is 14.1. The Hall–Kier alpha value is -3.57. The molecule has 36 heavy (non-hydrogen) atoms. The topological polar surface area (TPSA) is 170 Å². The van der Waals surface area contributed by atoms with Gasteiger partial charge in [0.2, 0.25) is 16.0 Å². The zero-order valence-corrected chi connectivity index (χ0v) is 20.5. The molecule has 1 amide bonds. The number of carbonyl (C=O) groups excluding carboxylic acids is 1. The third-order valence-electron chi connectivity index (χ3n) is 4.79. The molecule has 2 aromatic carbocycles. The van der Waals surface area contributed by atoms with E-state index in [1.54, 1.807) is 6.19 Å². The first-order chi connectivity index (χ1) is 17.2. The molecule has 0 fully saturated rings. The number of unbranched alkanes of at least 4 members (excludes halogenated alkanes) is 1. The van der Waals surface area contributed by atoms with Gasteiger partial charge in [-0.1, -0.05) is 13.3 Å². The molecule has 0 heterocycles. The van der Waals surface area contributed by atoms with Gasteiger partial charge in [-0.05, 0) is 74.3 Å². The number of benzene rings is 2. The lowest BCUT2D eigenvalue weighted by molar-refractivity contribution is -0.151. The van der Waals surface area contributed by atoms with Crippen molar-refractivity contribution in [1.82, 2.24) is 15.1 Å². The number of aliphatic imine (C=N–C) groups is 1. The van der Waals surface area contributed by atoms with Gasteiger partial charge in [0.15, 0.2) is 6.19 Å². The standard InChI is InChI=1S/C23H29FN6O5S/c1-2-15-27-23(28-16-26)30(32)22(31)21(5-3-4-14-25)29-36(33,34)20-12-10-19(11-13-20)35-18-8-6-17(24)7-9-18/h6-13,21,29,32H,2-5,14-15,25H2,1H3,(H,27,28)/t21-/m1/s1. The summed E-state index contributed by atoms with van der Waals surface area (Å²) < 4.78 is 46.9. The fourth-order valence-corrected chi connectivity index (χ4v) is 4.21. The summed E-state index contributed by atoms with van der Waals surface area (Å²) in [5.74, 6) is -1.15. The smallest absolute Gasteiger partial charge is 0.271 e. The van der Waals surface area contributed by atoms with Crippen LogP contribution in [-0.4, -0.2) is 49.7 Å². The Bertz CT molecular complexity index is 1170. The van der Waals surface area contributed by atoms with Crippen LogP contribution in [0.25, 0.3) is 0 Å². The van der Waals surface area contributed by atoms with Crippen molar-refractivity contribution in [2.24, 2.45) is 10.7 Å². The zero-order valence-electron chi connectivity index (χ0n) is 19.7. The molecule has 0 saturated heterocycles. The lowest BCUT2D eigenvalue weighted by Gasteiger charge is -2.23. The zero-order chi connectivity index (χ0) is 26.6. The quantitative estimate of drug-likeness (QED) is 0.0629. The molecule has 0 spiro atoms. The van der Waals surface area contributed by atoms with E-state index in [0.717, 1.165) is 0 Å². The molecular formula is C23H29FN6O5S. The molecule has 2 aromatic rings. The van der Waals surface area contributed by atoms with E-state index < -0.39 is 33.7 Å². The number of rotatable bonds is 12. The van der Waals surface area contributed by atoms with Gasteiger partial charge in [0.05, 0.1) is 4.90 Å². The van der Waals surface area contributed by atoms with Gasteiger partial charge in [-0.25, -0.2) is 12.8 Å². The SMILES string of the molecule is CCCN=C(NC#N)N(O)C(=O)[C@@H](CCCCN)NS(=O)(=O)c1ccc(Oc2ccc(F)cc2)cc1. The molecule has 0 aliphatic carbocycles. The van der Waals surface area contributed by atoms with Crippen molar-refractivity contribution in [2.75, 3.05) is 13.1 Å².